The molecule has 0 amide bonds. The minimum atomic E-state index is -0.583. The summed E-state index contributed by atoms with van der Waals surface area (Å²) in [5.41, 5.74) is 0.812. The molecule has 0 saturated carbocycles. The topological polar surface area (TPSA) is 39.2 Å². The molecule has 0 fully saturated rings. The molecule has 18 heavy (non-hydrogen) atoms. The zero-order chi connectivity index (χ0) is 13.1. The number of ketones is 1. The van der Waals surface area contributed by atoms with Crippen molar-refractivity contribution in [3.63, 3.8) is 0 Å². The lowest BCUT2D eigenvalue weighted by Crippen LogP contribution is -2.01. The van der Waals surface area contributed by atoms with Gasteiger partial charge >= 0.3 is 0 Å². The molecule has 3 nitrogen and oxygen atoms in total. The second-order valence-electron chi connectivity index (χ2n) is 3.91. The molecule has 0 bridgehead atoms. The Morgan fingerprint density at radius 3 is 2.67 bits per heavy atom. The van der Waals surface area contributed by atoms with E-state index in [2.05, 4.69) is 4.98 Å². The van der Waals surface area contributed by atoms with Crippen LogP contribution in [0.25, 0.3) is 0 Å². The number of aryl methyl sites for hydroxylation is 1. The lowest BCUT2D eigenvalue weighted by atomic mass is 10.1. The fraction of sp³-hybridized carbons (Fsp3) is 0.143. The summed E-state index contributed by atoms with van der Waals surface area (Å²) in [6.07, 6.45) is 1.53. The molecular formula is C14H12FNO2. The summed E-state index contributed by atoms with van der Waals surface area (Å²) in [7, 11) is 0. The van der Waals surface area contributed by atoms with E-state index in [0.29, 0.717) is 5.75 Å². The fourth-order valence-electron chi connectivity index (χ4n) is 1.57. The van der Waals surface area contributed by atoms with Gasteiger partial charge in [-0.25, -0.2) is 4.39 Å². The number of nitrogens with zero attached hydrogens (tertiary/aromatic N) is 1. The van der Waals surface area contributed by atoms with Crippen LogP contribution in [0.3, 0.4) is 0 Å². The lowest BCUT2D eigenvalue weighted by Gasteiger charge is -2.09. The highest BCUT2D eigenvalue weighted by Gasteiger charge is 2.14. The summed E-state index contributed by atoms with van der Waals surface area (Å²) in [5.74, 6) is -0.287. The van der Waals surface area contributed by atoms with E-state index >= 15 is 0 Å². The third-order valence-electron chi connectivity index (χ3n) is 2.44. The van der Waals surface area contributed by atoms with Gasteiger partial charge in [-0.3, -0.25) is 9.78 Å². The Hall–Kier alpha value is -2.23. The molecule has 0 aliphatic rings. The maximum absolute atomic E-state index is 13.6. The molecule has 1 heterocycles. The third kappa shape index (κ3) is 2.53. The SMILES string of the molecule is CC(=O)c1c(F)cccc1Oc1ccc(C)nc1. The number of hydrogen-bond acceptors (Lipinski definition) is 3. The van der Waals surface area contributed by atoms with Crippen LogP contribution in [0.5, 0.6) is 11.5 Å². The van der Waals surface area contributed by atoms with Crippen LogP contribution >= 0.6 is 0 Å². The number of aromatic nitrogens is 1. The van der Waals surface area contributed by atoms with Crippen LogP contribution in [0.15, 0.2) is 36.5 Å². The van der Waals surface area contributed by atoms with Gasteiger partial charge in [0.2, 0.25) is 0 Å². The number of benzene rings is 1. The highest BCUT2D eigenvalue weighted by molar-refractivity contribution is 5.97. The molecule has 2 aromatic rings. The van der Waals surface area contributed by atoms with Crippen LogP contribution in [-0.4, -0.2) is 10.8 Å². The van der Waals surface area contributed by atoms with Gasteiger partial charge < -0.3 is 4.74 Å². The quantitative estimate of drug-likeness (QED) is 0.776. The molecule has 2 rings (SSSR count). The predicted molar refractivity (Wildman–Crippen MR) is 65.5 cm³/mol. The summed E-state index contributed by atoms with van der Waals surface area (Å²) < 4.78 is 19.0. The van der Waals surface area contributed by atoms with Gasteiger partial charge in [0, 0.05) is 5.69 Å². The van der Waals surface area contributed by atoms with Crippen molar-refractivity contribution in [1.29, 1.82) is 0 Å². The Kier molecular flexibility index (Phi) is 3.37. The van der Waals surface area contributed by atoms with Crippen LogP contribution in [-0.2, 0) is 0 Å². The molecule has 0 aliphatic carbocycles. The third-order valence-corrected chi connectivity index (χ3v) is 2.44. The van der Waals surface area contributed by atoms with Crippen molar-refractivity contribution in [3.05, 3.63) is 53.6 Å². The monoisotopic (exact) mass is 245 g/mol. The molecule has 92 valence electrons. The number of pyridine rings is 1. The standard InChI is InChI=1S/C14H12FNO2/c1-9-6-7-11(8-16-9)18-13-5-3-4-12(15)14(13)10(2)17/h3-8H,1-2H3. The molecular weight excluding hydrogens is 233 g/mol. The number of carbonyl (C=O) groups excluding carboxylic acids is 1. The number of ether oxygens (including phenoxy) is 1. The van der Waals surface area contributed by atoms with Gasteiger partial charge in [-0.15, -0.1) is 0 Å². The number of Topliss-reactive ketones (excluding diaryl/α,β-unsaturated/α-hetero) is 1. The van der Waals surface area contributed by atoms with Gasteiger partial charge in [-0.05, 0) is 38.1 Å². The number of halogens is 1. The van der Waals surface area contributed by atoms with E-state index < -0.39 is 5.82 Å². The zero-order valence-electron chi connectivity index (χ0n) is 10.1. The van der Waals surface area contributed by atoms with E-state index in [1.807, 2.05) is 6.92 Å². The van der Waals surface area contributed by atoms with Crippen LogP contribution in [0.4, 0.5) is 4.39 Å². The predicted octanol–water partition coefficient (Wildman–Crippen LogP) is 3.52. The van der Waals surface area contributed by atoms with E-state index in [0.717, 1.165) is 5.69 Å². The minimum absolute atomic E-state index is 0.0434. The lowest BCUT2D eigenvalue weighted by molar-refractivity contribution is 0.101. The summed E-state index contributed by atoms with van der Waals surface area (Å²) in [5, 5.41) is 0. The van der Waals surface area contributed by atoms with E-state index in [1.165, 1.54) is 25.3 Å². The molecule has 0 unspecified atom stereocenters. The molecule has 0 N–H and O–H groups in total. The number of carbonyl (C=O) groups is 1. The Bertz CT molecular complexity index is 579. The molecule has 0 saturated heterocycles. The smallest absolute Gasteiger partial charge is 0.166 e. The summed E-state index contributed by atoms with van der Waals surface area (Å²) >= 11 is 0. The first kappa shape index (κ1) is 12.2. The van der Waals surface area contributed by atoms with E-state index in [1.54, 1.807) is 18.2 Å². The van der Waals surface area contributed by atoms with Gasteiger partial charge in [0.05, 0.1) is 11.8 Å². The maximum Gasteiger partial charge on any atom is 0.166 e. The number of rotatable bonds is 3. The Morgan fingerprint density at radius 1 is 1.28 bits per heavy atom. The molecule has 0 atom stereocenters. The molecule has 4 heteroatoms. The van der Waals surface area contributed by atoms with Crippen molar-refractivity contribution in [1.82, 2.24) is 4.98 Å². The van der Waals surface area contributed by atoms with Crippen molar-refractivity contribution in [3.8, 4) is 11.5 Å². The first-order chi connectivity index (χ1) is 8.58. The average molecular weight is 245 g/mol. The summed E-state index contributed by atoms with van der Waals surface area (Å²) in [6.45, 7) is 3.16. The maximum atomic E-state index is 13.6. The normalized spacial score (nSPS) is 10.2. The second kappa shape index (κ2) is 4.96. The Labute approximate surface area is 104 Å². The molecule has 1 aromatic heterocycles. The van der Waals surface area contributed by atoms with Gasteiger partial charge in [-0.1, -0.05) is 6.07 Å². The molecule has 0 spiro atoms. The highest BCUT2D eigenvalue weighted by Crippen LogP contribution is 2.27. The van der Waals surface area contributed by atoms with Gasteiger partial charge in [-0.2, -0.15) is 0 Å². The first-order valence-corrected chi connectivity index (χ1v) is 5.48. The average Bonchev–Trinajstić information content (AvgIpc) is 2.32. The largest absolute Gasteiger partial charge is 0.455 e. The minimum Gasteiger partial charge on any atom is -0.455 e. The number of hydrogen-bond donors (Lipinski definition) is 0. The van der Waals surface area contributed by atoms with Crippen molar-refractivity contribution < 1.29 is 13.9 Å². The fourth-order valence-corrected chi connectivity index (χ4v) is 1.57. The van der Waals surface area contributed by atoms with Gasteiger partial charge in [0.25, 0.3) is 0 Å². The van der Waals surface area contributed by atoms with Crippen LogP contribution in [0, 0.1) is 12.7 Å². The molecule has 1 aromatic carbocycles. The molecule has 0 radical (unpaired) electrons. The summed E-state index contributed by atoms with van der Waals surface area (Å²) in [4.78, 5) is 15.5. The summed E-state index contributed by atoms with van der Waals surface area (Å²) in [6, 6.07) is 7.79. The van der Waals surface area contributed by atoms with Crippen molar-refractivity contribution >= 4 is 5.78 Å². The van der Waals surface area contributed by atoms with Crippen LogP contribution in [0.2, 0.25) is 0 Å². The van der Waals surface area contributed by atoms with Crippen LogP contribution < -0.4 is 4.74 Å². The van der Waals surface area contributed by atoms with Gasteiger partial charge in [0.15, 0.2) is 5.78 Å². The van der Waals surface area contributed by atoms with Gasteiger partial charge in [0.1, 0.15) is 17.3 Å². The Balaban J connectivity index is 2.37. The van der Waals surface area contributed by atoms with Crippen molar-refractivity contribution in [2.45, 2.75) is 13.8 Å². The first-order valence-electron chi connectivity index (χ1n) is 5.48. The van der Waals surface area contributed by atoms with E-state index in [4.69, 9.17) is 4.74 Å². The highest BCUT2D eigenvalue weighted by atomic mass is 19.1. The molecule has 0 aliphatic heterocycles. The van der Waals surface area contributed by atoms with Crippen LogP contribution in [0.1, 0.15) is 23.0 Å². The van der Waals surface area contributed by atoms with E-state index in [9.17, 15) is 9.18 Å². The second-order valence-corrected chi connectivity index (χ2v) is 3.91. The van der Waals surface area contributed by atoms with Crippen molar-refractivity contribution in [2.75, 3.05) is 0 Å². The zero-order valence-corrected chi connectivity index (χ0v) is 10.1. The van der Waals surface area contributed by atoms with Crippen molar-refractivity contribution in [2.24, 2.45) is 0 Å². The Morgan fingerprint density at radius 2 is 2.06 bits per heavy atom. The van der Waals surface area contributed by atoms with E-state index in [-0.39, 0.29) is 17.1 Å².